The van der Waals surface area contributed by atoms with Crippen molar-refractivity contribution in [3.63, 3.8) is 0 Å². The lowest BCUT2D eigenvalue weighted by Gasteiger charge is -2.36. The molecule has 0 amide bonds. The first-order valence-electron chi connectivity index (χ1n) is 9.38. The Bertz CT molecular complexity index is 1020. The Kier molecular flexibility index (Phi) is 4.86. The van der Waals surface area contributed by atoms with Gasteiger partial charge in [0.05, 0.1) is 5.41 Å². The molecule has 0 aliphatic heterocycles. The second-order valence-electron chi connectivity index (χ2n) is 6.96. The summed E-state index contributed by atoms with van der Waals surface area (Å²) in [4.78, 5) is 0. The number of para-hydroxylation sites is 2. The summed E-state index contributed by atoms with van der Waals surface area (Å²) in [5.74, 6) is 0.500. The molecule has 4 aromatic carbocycles. The molecule has 0 spiro atoms. The second-order valence-corrected chi connectivity index (χ2v) is 6.96. The van der Waals surface area contributed by atoms with Gasteiger partial charge in [0.1, 0.15) is 11.5 Å². The number of aromatic hydroxyl groups is 2. The minimum atomic E-state index is -0.646. The van der Waals surface area contributed by atoms with Gasteiger partial charge in [-0.3, -0.25) is 0 Å². The van der Waals surface area contributed by atoms with E-state index in [1.54, 1.807) is 12.1 Å². The highest BCUT2D eigenvalue weighted by Crippen LogP contribution is 2.46. The number of hydrogen-bond acceptors (Lipinski definition) is 2. The molecule has 2 N–H and O–H groups in total. The third kappa shape index (κ3) is 3.14. The van der Waals surface area contributed by atoms with E-state index in [9.17, 15) is 10.2 Å². The van der Waals surface area contributed by atoms with E-state index in [1.807, 2.05) is 72.8 Å². The van der Waals surface area contributed by atoms with Gasteiger partial charge < -0.3 is 10.2 Å². The van der Waals surface area contributed by atoms with Crippen LogP contribution in [-0.4, -0.2) is 10.2 Å². The van der Waals surface area contributed by atoms with Crippen LogP contribution in [0.15, 0.2) is 109 Å². The molecule has 0 heterocycles. The van der Waals surface area contributed by atoms with Crippen LogP contribution in [0.25, 0.3) is 0 Å². The number of phenolic OH excluding ortho intramolecular Hbond substituents is 2. The van der Waals surface area contributed by atoms with Crippen LogP contribution in [0, 0.1) is 0 Å². The smallest absolute Gasteiger partial charge is 0.120 e. The summed E-state index contributed by atoms with van der Waals surface area (Å²) in [7, 11) is 0. The standard InChI is InChI=1S/C26H22O2/c27-24-17-9-7-11-20(24)19-26(21-12-3-1-4-13-21,22-14-5-2-6-15-22)23-16-8-10-18-25(23)28/h1-18,27-28H,19H2. The van der Waals surface area contributed by atoms with Gasteiger partial charge in [-0.2, -0.15) is 0 Å². The topological polar surface area (TPSA) is 40.5 Å². The molecule has 2 heteroatoms. The number of benzene rings is 4. The molecule has 0 atom stereocenters. The summed E-state index contributed by atoms with van der Waals surface area (Å²) in [6.45, 7) is 0. The summed E-state index contributed by atoms with van der Waals surface area (Å²) in [5, 5.41) is 21.4. The number of phenols is 2. The fourth-order valence-electron chi connectivity index (χ4n) is 4.00. The monoisotopic (exact) mass is 366 g/mol. The highest BCUT2D eigenvalue weighted by atomic mass is 16.3. The van der Waals surface area contributed by atoms with E-state index in [-0.39, 0.29) is 11.5 Å². The molecule has 0 aliphatic rings. The van der Waals surface area contributed by atoms with Gasteiger partial charge in [-0.25, -0.2) is 0 Å². The van der Waals surface area contributed by atoms with E-state index < -0.39 is 5.41 Å². The van der Waals surface area contributed by atoms with Gasteiger partial charge in [0.25, 0.3) is 0 Å². The van der Waals surface area contributed by atoms with Crippen LogP contribution >= 0.6 is 0 Å². The molecule has 0 aromatic heterocycles. The Morgan fingerprint density at radius 2 is 0.964 bits per heavy atom. The fraction of sp³-hybridized carbons (Fsp3) is 0.0769. The van der Waals surface area contributed by atoms with Crippen LogP contribution in [0.2, 0.25) is 0 Å². The molecule has 0 bridgehead atoms. The van der Waals surface area contributed by atoms with Crippen molar-refractivity contribution in [2.45, 2.75) is 11.8 Å². The highest BCUT2D eigenvalue weighted by molar-refractivity contribution is 5.57. The van der Waals surface area contributed by atoms with Crippen molar-refractivity contribution in [3.05, 3.63) is 131 Å². The van der Waals surface area contributed by atoms with Crippen molar-refractivity contribution in [2.75, 3.05) is 0 Å². The quantitative estimate of drug-likeness (QED) is 0.447. The van der Waals surface area contributed by atoms with Crippen LogP contribution in [0.1, 0.15) is 22.3 Å². The maximum Gasteiger partial charge on any atom is 0.120 e. The molecule has 0 aliphatic carbocycles. The Morgan fingerprint density at radius 3 is 1.50 bits per heavy atom. The summed E-state index contributed by atoms with van der Waals surface area (Å²) in [5.41, 5.74) is 3.12. The summed E-state index contributed by atoms with van der Waals surface area (Å²) in [6, 6.07) is 35.2. The minimum absolute atomic E-state index is 0.241. The Balaban J connectivity index is 2.06. The third-order valence-corrected chi connectivity index (χ3v) is 5.34. The van der Waals surface area contributed by atoms with Crippen LogP contribution in [0.5, 0.6) is 11.5 Å². The molecule has 4 aromatic rings. The Labute approximate surface area is 165 Å². The highest BCUT2D eigenvalue weighted by Gasteiger charge is 2.38. The Hall–Kier alpha value is -3.52. The van der Waals surface area contributed by atoms with Crippen LogP contribution in [0.4, 0.5) is 0 Å². The zero-order valence-corrected chi connectivity index (χ0v) is 15.5. The SMILES string of the molecule is Oc1ccccc1CC(c1ccccc1)(c1ccccc1)c1ccccc1O. The van der Waals surface area contributed by atoms with Crippen molar-refractivity contribution in [2.24, 2.45) is 0 Å². The molecule has 0 radical (unpaired) electrons. The van der Waals surface area contributed by atoms with Crippen LogP contribution in [-0.2, 0) is 11.8 Å². The largest absolute Gasteiger partial charge is 0.508 e. The summed E-state index contributed by atoms with van der Waals surface area (Å²) < 4.78 is 0. The predicted octanol–water partition coefficient (Wildman–Crippen LogP) is 5.67. The lowest BCUT2D eigenvalue weighted by Crippen LogP contribution is -2.32. The van der Waals surface area contributed by atoms with Gasteiger partial charge in [-0.15, -0.1) is 0 Å². The zero-order valence-electron chi connectivity index (χ0n) is 15.5. The van der Waals surface area contributed by atoms with E-state index in [0.29, 0.717) is 6.42 Å². The normalized spacial score (nSPS) is 11.3. The number of hydrogen-bond donors (Lipinski definition) is 2. The van der Waals surface area contributed by atoms with Gasteiger partial charge in [0, 0.05) is 5.56 Å². The van der Waals surface area contributed by atoms with E-state index in [2.05, 4.69) is 24.3 Å². The number of rotatable bonds is 5. The molecule has 28 heavy (non-hydrogen) atoms. The van der Waals surface area contributed by atoms with E-state index in [1.165, 1.54) is 0 Å². The zero-order chi connectivity index (χ0) is 19.4. The molecule has 138 valence electrons. The molecule has 0 saturated heterocycles. The lowest BCUT2D eigenvalue weighted by molar-refractivity contribution is 0.442. The van der Waals surface area contributed by atoms with Crippen molar-refractivity contribution in [1.29, 1.82) is 0 Å². The predicted molar refractivity (Wildman–Crippen MR) is 113 cm³/mol. The van der Waals surface area contributed by atoms with Gasteiger partial charge in [-0.1, -0.05) is 97.1 Å². The van der Waals surface area contributed by atoms with E-state index in [0.717, 1.165) is 22.3 Å². The first kappa shape index (κ1) is 17.9. The van der Waals surface area contributed by atoms with Crippen molar-refractivity contribution >= 4 is 0 Å². The lowest BCUT2D eigenvalue weighted by atomic mass is 9.65. The van der Waals surface area contributed by atoms with Crippen LogP contribution < -0.4 is 0 Å². The molecule has 0 saturated carbocycles. The first-order chi connectivity index (χ1) is 13.7. The third-order valence-electron chi connectivity index (χ3n) is 5.34. The molecular weight excluding hydrogens is 344 g/mol. The van der Waals surface area contributed by atoms with Gasteiger partial charge in [0.15, 0.2) is 0 Å². The van der Waals surface area contributed by atoms with Gasteiger partial charge in [-0.05, 0) is 35.2 Å². The Morgan fingerprint density at radius 1 is 0.500 bits per heavy atom. The van der Waals surface area contributed by atoms with Crippen molar-refractivity contribution in [1.82, 2.24) is 0 Å². The summed E-state index contributed by atoms with van der Waals surface area (Å²) in [6.07, 6.45) is 0.519. The van der Waals surface area contributed by atoms with Gasteiger partial charge in [0.2, 0.25) is 0 Å². The minimum Gasteiger partial charge on any atom is -0.508 e. The van der Waals surface area contributed by atoms with Gasteiger partial charge >= 0.3 is 0 Å². The second kappa shape index (κ2) is 7.61. The van der Waals surface area contributed by atoms with E-state index >= 15 is 0 Å². The molecule has 0 fully saturated rings. The molecule has 4 rings (SSSR count). The average molecular weight is 366 g/mol. The molecule has 0 unspecified atom stereocenters. The first-order valence-corrected chi connectivity index (χ1v) is 9.38. The maximum absolute atomic E-state index is 10.9. The van der Waals surface area contributed by atoms with Crippen molar-refractivity contribution < 1.29 is 10.2 Å². The molecule has 2 nitrogen and oxygen atoms in total. The van der Waals surface area contributed by atoms with Crippen LogP contribution in [0.3, 0.4) is 0 Å². The summed E-state index contributed by atoms with van der Waals surface area (Å²) >= 11 is 0. The van der Waals surface area contributed by atoms with E-state index in [4.69, 9.17) is 0 Å². The maximum atomic E-state index is 10.9. The fourth-order valence-corrected chi connectivity index (χ4v) is 4.00. The average Bonchev–Trinajstić information content (AvgIpc) is 2.75. The molecular formula is C26H22O2. The van der Waals surface area contributed by atoms with Crippen molar-refractivity contribution in [3.8, 4) is 11.5 Å².